The summed E-state index contributed by atoms with van der Waals surface area (Å²) in [5.41, 5.74) is 0. The first-order valence-corrected chi connectivity index (χ1v) is 10.4. The summed E-state index contributed by atoms with van der Waals surface area (Å²) in [6.45, 7) is 5.07. The van der Waals surface area contributed by atoms with Crippen LogP contribution in [-0.2, 0) is 10.4 Å². The Hall–Kier alpha value is -0.170. The standard InChI is InChI=1S/C17H36O.H2O4S/c1-3-4-5-6-8-11-14-17(2)15-12-9-7-10-13-16-18;1-5(2,3)4/h17-18H,3-16H2,1-2H3;(H2,1,2,3,4)/p-2. The van der Waals surface area contributed by atoms with Crippen LogP contribution in [0.2, 0.25) is 0 Å². The van der Waals surface area contributed by atoms with Crippen LogP contribution in [0.1, 0.15) is 97.3 Å². The fourth-order valence-electron chi connectivity index (χ4n) is 2.55. The van der Waals surface area contributed by atoms with Crippen LogP contribution in [0.4, 0.5) is 0 Å². The van der Waals surface area contributed by atoms with Crippen molar-refractivity contribution >= 4 is 10.4 Å². The van der Waals surface area contributed by atoms with Crippen LogP contribution in [0.3, 0.4) is 0 Å². The molecule has 0 heterocycles. The molecule has 0 saturated heterocycles. The smallest absolute Gasteiger partial charge is 0.0431 e. The first-order valence-electron chi connectivity index (χ1n) is 9.08. The van der Waals surface area contributed by atoms with Crippen LogP contribution >= 0.6 is 0 Å². The third-order valence-corrected chi connectivity index (χ3v) is 3.91. The molecule has 0 saturated carbocycles. The lowest BCUT2D eigenvalue weighted by Gasteiger charge is -2.10. The van der Waals surface area contributed by atoms with Gasteiger partial charge in [-0.15, -0.1) is 0 Å². The maximum absolute atomic E-state index is 8.69. The summed E-state index contributed by atoms with van der Waals surface area (Å²) in [6.07, 6.45) is 17.7. The first kappa shape index (κ1) is 25.1. The highest BCUT2D eigenvalue weighted by molar-refractivity contribution is 7.79. The Kier molecular flexibility index (Phi) is 19.8. The predicted octanol–water partition coefficient (Wildman–Crippen LogP) is 4.37. The number of rotatable bonds is 14. The molecule has 0 aromatic carbocycles. The number of unbranched alkanes of at least 4 members (excludes halogenated alkanes) is 9. The van der Waals surface area contributed by atoms with E-state index in [1.165, 1.54) is 77.0 Å². The van der Waals surface area contributed by atoms with Gasteiger partial charge in [-0.25, -0.2) is 0 Å². The molecule has 1 unspecified atom stereocenters. The molecular weight excluding hydrogens is 316 g/mol. The molecule has 0 spiro atoms. The van der Waals surface area contributed by atoms with Gasteiger partial charge in [0.25, 0.3) is 0 Å². The summed E-state index contributed by atoms with van der Waals surface area (Å²) in [6, 6.07) is 0. The molecule has 0 radical (unpaired) electrons. The molecule has 142 valence electrons. The van der Waals surface area contributed by atoms with Gasteiger partial charge >= 0.3 is 0 Å². The zero-order chi connectivity index (χ0) is 18.0. The maximum Gasteiger partial charge on any atom is 0.0431 e. The fourth-order valence-corrected chi connectivity index (χ4v) is 2.55. The Morgan fingerprint density at radius 2 is 1.13 bits per heavy atom. The molecule has 6 heteroatoms. The minimum atomic E-state index is -5.17. The number of aliphatic hydroxyl groups excluding tert-OH is 1. The molecule has 0 fully saturated rings. The lowest BCUT2D eigenvalue weighted by atomic mass is 9.96. The van der Waals surface area contributed by atoms with Gasteiger partial charge in [0.15, 0.2) is 0 Å². The maximum atomic E-state index is 8.69. The van der Waals surface area contributed by atoms with E-state index in [0.717, 1.165) is 12.3 Å². The van der Waals surface area contributed by atoms with Crippen molar-refractivity contribution in [2.24, 2.45) is 5.92 Å². The molecule has 0 aromatic rings. The molecule has 0 aromatic heterocycles. The van der Waals surface area contributed by atoms with E-state index < -0.39 is 10.4 Å². The molecule has 0 aliphatic carbocycles. The van der Waals surface area contributed by atoms with Crippen molar-refractivity contribution in [3.05, 3.63) is 0 Å². The highest BCUT2D eigenvalue weighted by atomic mass is 32.3. The van der Waals surface area contributed by atoms with Crippen LogP contribution in [0.5, 0.6) is 0 Å². The van der Waals surface area contributed by atoms with E-state index in [2.05, 4.69) is 13.8 Å². The van der Waals surface area contributed by atoms with Gasteiger partial charge in [0.2, 0.25) is 0 Å². The SMILES string of the molecule is CCCCCCCCC(C)CCCCCCCO.O=S(=O)([O-])[O-]. The van der Waals surface area contributed by atoms with E-state index in [9.17, 15) is 0 Å². The van der Waals surface area contributed by atoms with Gasteiger partial charge in [-0.2, -0.15) is 0 Å². The van der Waals surface area contributed by atoms with Gasteiger partial charge in [-0.05, 0) is 12.3 Å². The Morgan fingerprint density at radius 1 is 0.783 bits per heavy atom. The van der Waals surface area contributed by atoms with Crippen molar-refractivity contribution in [3.63, 3.8) is 0 Å². The number of hydrogen-bond acceptors (Lipinski definition) is 5. The second-order valence-corrected chi connectivity index (χ2v) is 7.17. The van der Waals surface area contributed by atoms with Crippen molar-refractivity contribution < 1.29 is 22.6 Å². The number of hydrogen-bond donors (Lipinski definition) is 1. The molecule has 1 atom stereocenters. The van der Waals surface area contributed by atoms with E-state index in [0.29, 0.717) is 6.61 Å². The lowest BCUT2D eigenvalue weighted by molar-refractivity contribution is 0.282. The van der Waals surface area contributed by atoms with E-state index >= 15 is 0 Å². The average Bonchev–Trinajstić information content (AvgIpc) is 2.44. The van der Waals surface area contributed by atoms with Crippen LogP contribution in [0.15, 0.2) is 0 Å². The summed E-state index contributed by atoms with van der Waals surface area (Å²) in [4.78, 5) is 0. The molecule has 0 aliphatic heterocycles. The Bertz CT molecular complexity index is 293. The zero-order valence-corrected chi connectivity index (χ0v) is 15.8. The molecule has 1 N–H and O–H groups in total. The third kappa shape index (κ3) is 34.3. The topological polar surface area (TPSA) is 100 Å². The van der Waals surface area contributed by atoms with Gasteiger partial charge in [-0.1, -0.05) is 90.9 Å². The molecule has 5 nitrogen and oxygen atoms in total. The van der Waals surface area contributed by atoms with Crippen molar-refractivity contribution in [1.29, 1.82) is 0 Å². The van der Waals surface area contributed by atoms with Gasteiger partial charge in [-0.3, -0.25) is 8.42 Å². The van der Waals surface area contributed by atoms with Crippen molar-refractivity contribution in [1.82, 2.24) is 0 Å². The molecular formula is C17H36O5S-2. The first-order chi connectivity index (χ1) is 10.8. The Balaban J connectivity index is 0. The minimum absolute atomic E-state index is 0.369. The fraction of sp³-hybridized carbons (Fsp3) is 1.00. The second-order valence-electron chi connectivity index (χ2n) is 6.35. The lowest BCUT2D eigenvalue weighted by Crippen LogP contribution is -1.95. The predicted molar refractivity (Wildman–Crippen MR) is 92.4 cm³/mol. The molecule has 0 amide bonds. The van der Waals surface area contributed by atoms with Gasteiger partial charge in [0.05, 0.1) is 0 Å². The van der Waals surface area contributed by atoms with Crippen molar-refractivity contribution in [2.75, 3.05) is 6.61 Å². The van der Waals surface area contributed by atoms with E-state index in [-0.39, 0.29) is 0 Å². The summed E-state index contributed by atoms with van der Waals surface area (Å²) in [5.74, 6) is 0.925. The van der Waals surface area contributed by atoms with Crippen LogP contribution < -0.4 is 0 Å². The van der Waals surface area contributed by atoms with E-state index in [4.69, 9.17) is 22.6 Å². The molecule has 23 heavy (non-hydrogen) atoms. The summed E-state index contributed by atoms with van der Waals surface area (Å²) in [7, 11) is -5.17. The largest absolute Gasteiger partial charge is 0.759 e. The molecule has 0 aliphatic rings. The van der Waals surface area contributed by atoms with E-state index in [1.807, 2.05) is 0 Å². The van der Waals surface area contributed by atoms with E-state index in [1.54, 1.807) is 0 Å². The zero-order valence-electron chi connectivity index (χ0n) is 15.0. The monoisotopic (exact) mass is 352 g/mol. The van der Waals surface area contributed by atoms with Crippen molar-refractivity contribution in [2.45, 2.75) is 97.3 Å². The quantitative estimate of drug-likeness (QED) is 0.284. The highest BCUT2D eigenvalue weighted by Crippen LogP contribution is 2.18. The Morgan fingerprint density at radius 3 is 1.52 bits per heavy atom. The normalized spacial score (nSPS) is 12.6. The van der Waals surface area contributed by atoms with Crippen molar-refractivity contribution in [3.8, 4) is 0 Å². The van der Waals surface area contributed by atoms with Gasteiger partial charge in [0, 0.05) is 17.0 Å². The summed E-state index contributed by atoms with van der Waals surface area (Å²) in [5, 5.41) is 8.69. The molecule has 0 rings (SSSR count). The van der Waals surface area contributed by atoms with Gasteiger partial charge in [0.1, 0.15) is 0 Å². The summed E-state index contributed by atoms with van der Waals surface area (Å²) < 4.78 is 34.1. The van der Waals surface area contributed by atoms with Gasteiger partial charge < -0.3 is 14.2 Å². The summed E-state index contributed by atoms with van der Waals surface area (Å²) >= 11 is 0. The van der Waals surface area contributed by atoms with Crippen LogP contribution in [0, 0.1) is 5.92 Å². The second kappa shape index (κ2) is 18.2. The van der Waals surface area contributed by atoms with Crippen LogP contribution in [-0.4, -0.2) is 29.2 Å². The highest BCUT2D eigenvalue weighted by Gasteiger charge is 2.01. The molecule has 0 bridgehead atoms. The Labute approximate surface area is 143 Å². The number of aliphatic hydroxyl groups is 1. The minimum Gasteiger partial charge on any atom is -0.759 e. The average molecular weight is 353 g/mol. The third-order valence-electron chi connectivity index (χ3n) is 3.91. The van der Waals surface area contributed by atoms with Crippen LogP contribution in [0.25, 0.3) is 0 Å².